The molecule has 1 N–H and O–H groups in total. The Balaban J connectivity index is 1.88. The molecule has 0 unspecified atom stereocenters. The van der Waals surface area contributed by atoms with Gasteiger partial charge in [0, 0.05) is 5.56 Å². The number of methoxy groups -OCH3 is 1. The van der Waals surface area contributed by atoms with E-state index in [1.807, 2.05) is 22.6 Å². The van der Waals surface area contributed by atoms with E-state index >= 15 is 0 Å². The van der Waals surface area contributed by atoms with Crippen LogP contribution in [0.25, 0.3) is 6.08 Å². The van der Waals surface area contributed by atoms with Crippen LogP contribution in [0.15, 0.2) is 41.3 Å². The molecule has 3 rings (SSSR count). The van der Waals surface area contributed by atoms with Gasteiger partial charge in [0.05, 0.1) is 22.1 Å². The molecule has 1 aliphatic rings. The zero-order valence-corrected chi connectivity index (χ0v) is 16.5. The maximum absolute atomic E-state index is 13.8. The fourth-order valence-electron chi connectivity index (χ4n) is 2.42. The maximum atomic E-state index is 13.8. The number of carbonyl (C=O) groups excluding carboxylic acids is 2. The van der Waals surface area contributed by atoms with Gasteiger partial charge in [-0.1, -0.05) is 18.2 Å². The number of aromatic hydroxyl groups is 1. The minimum Gasteiger partial charge on any atom is -0.504 e. The van der Waals surface area contributed by atoms with E-state index in [2.05, 4.69) is 0 Å². The molecule has 0 aromatic heterocycles. The van der Waals surface area contributed by atoms with Crippen molar-refractivity contribution in [2.75, 3.05) is 7.11 Å². The highest BCUT2D eigenvalue weighted by molar-refractivity contribution is 14.1. The zero-order chi connectivity index (χ0) is 18.8. The van der Waals surface area contributed by atoms with Crippen molar-refractivity contribution >= 4 is 51.6 Å². The summed E-state index contributed by atoms with van der Waals surface area (Å²) in [5.41, 5.74) is 0.886. The molecule has 1 saturated heterocycles. The molecule has 0 saturated carbocycles. The summed E-state index contributed by atoms with van der Waals surface area (Å²) < 4.78 is 19.4. The van der Waals surface area contributed by atoms with Crippen LogP contribution in [0, 0.1) is 9.39 Å². The number of hydrogen-bond donors (Lipinski definition) is 1. The number of rotatable bonds is 4. The first kappa shape index (κ1) is 18.7. The van der Waals surface area contributed by atoms with Crippen molar-refractivity contribution in [2.45, 2.75) is 6.54 Å². The van der Waals surface area contributed by atoms with Gasteiger partial charge in [-0.05, 0) is 64.2 Å². The summed E-state index contributed by atoms with van der Waals surface area (Å²) in [5.74, 6) is -0.662. The number of thioether (sulfide) groups is 1. The number of benzene rings is 2. The molecule has 0 radical (unpaired) electrons. The Morgan fingerprint density at radius 3 is 2.73 bits per heavy atom. The van der Waals surface area contributed by atoms with Gasteiger partial charge in [-0.25, -0.2) is 4.39 Å². The van der Waals surface area contributed by atoms with Gasteiger partial charge in [0.1, 0.15) is 5.82 Å². The Labute approximate surface area is 167 Å². The second-order valence-corrected chi connectivity index (χ2v) is 7.57. The third-order valence-corrected chi connectivity index (χ3v) is 5.46. The number of phenols is 1. The van der Waals surface area contributed by atoms with Gasteiger partial charge in [-0.15, -0.1) is 0 Å². The van der Waals surface area contributed by atoms with Gasteiger partial charge in [0.15, 0.2) is 11.5 Å². The Morgan fingerprint density at radius 1 is 1.31 bits per heavy atom. The van der Waals surface area contributed by atoms with Crippen LogP contribution in [0.4, 0.5) is 9.18 Å². The summed E-state index contributed by atoms with van der Waals surface area (Å²) in [6, 6.07) is 9.26. The summed E-state index contributed by atoms with van der Waals surface area (Å²) in [7, 11) is 1.43. The minimum atomic E-state index is -0.481. The van der Waals surface area contributed by atoms with Gasteiger partial charge in [-0.3, -0.25) is 14.5 Å². The molecule has 1 heterocycles. The van der Waals surface area contributed by atoms with Crippen molar-refractivity contribution in [1.29, 1.82) is 0 Å². The third kappa shape index (κ3) is 3.70. The summed E-state index contributed by atoms with van der Waals surface area (Å²) in [6.07, 6.45) is 1.55. The molecule has 0 spiro atoms. The largest absolute Gasteiger partial charge is 0.504 e. The number of imide groups is 1. The minimum absolute atomic E-state index is 0.0120. The highest BCUT2D eigenvalue weighted by Crippen LogP contribution is 2.37. The van der Waals surface area contributed by atoms with Crippen LogP contribution in [0.5, 0.6) is 11.5 Å². The summed E-state index contributed by atoms with van der Waals surface area (Å²) in [5, 5.41) is 9.43. The number of phenolic OH excluding ortho intramolecular Hbond substituents is 1. The van der Waals surface area contributed by atoms with Crippen molar-refractivity contribution in [2.24, 2.45) is 0 Å². The van der Waals surface area contributed by atoms with Crippen molar-refractivity contribution in [3.63, 3.8) is 0 Å². The standard InChI is InChI=1S/C18H13FINO4S/c1-25-14-7-10(6-13(20)16(14)22)8-15-17(23)21(18(24)26-15)9-11-4-2-3-5-12(11)19/h2-8,22H,9H2,1H3/b15-8-. The van der Waals surface area contributed by atoms with E-state index in [1.54, 1.807) is 30.3 Å². The number of hydrogen-bond acceptors (Lipinski definition) is 5. The Kier molecular flexibility index (Phi) is 5.52. The Hall–Kier alpha value is -2.07. The molecule has 2 amide bonds. The van der Waals surface area contributed by atoms with Crippen molar-refractivity contribution < 1.29 is 23.8 Å². The lowest BCUT2D eigenvalue weighted by Crippen LogP contribution is -2.27. The first-order chi connectivity index (χ1) is 12.4. The number of amides is 2. The van der Waals surface area contributed by atoms with Crippen LogP contribution in [0.3, 0.4) is 0 Å². The van der Waals surface area contributed by atoms with Crippen molar-refractivity contribution in [3.05, 3.63) is 61.8 Å². The smallest absolute Gasteiger partial charge is 0.293 e. The highest BCUT2D eigenvalue weighted by atomic mass is 127. The van der Waals surface area contributed by atoms with Crippen molar-refractivity contribution in [3.8, 4) is 11.5 Å². The first-order valence-corrected chi connectivity index (χ1v) is 9.35. The first-order valence-electron chi connectivity index (χ1n) is 7.46. The second kappa shape index (κ2) is 7.67. The van der Waals surface area contributed by atoms with Crippen LogP contribution in [0.2, 0.25) is 0 Å². The topological polar surface area (TPSA) is 66.8 Å². The number of halogens is 2. The van der Waals surface area contributed by atoms with E-state index in [4.69, 9.17) is 4.74 Å². The lowest BCUT2D eigenvalue weighted by Gasteiger charge is -2.12. The second-order valence-electron chi connectivity index (χ2n) is 5.41. The fourth-order valence-corrected chi connectivity index (χ4v) is 3.88. The van der Waals surface area contributed by atoms with Crippen molar-refractivity contribution in [1.82, 2.24) is 4.90 Å². The van der Waals surface area contributed by atoms with Gasteiger partial charge in [0.25, 0.3) is 11.1 Å². The molecule has 134 valence electrons. The predicted octanol–water partition coefficient (Wildman–Crippen LogP) is 4.38. The van der Waals surface area contributed by atoms with Gasteiger partial charge >= 0.3 is 0 Å². The van der Waals surface area contributed by atoms with Gasteiger partial charge < -0.3 is 9.84 Å². The van der Waals surface area contributed by atoms with Gasteiger partial charge in [0.2, 0.25) is 0 Å². The van der Waals surface area contributed by atoms with Gasteiger partial charge in [-0.2, -0.15) is 0 Å². The normalized spacial score (nSPS) is 15.8. The van der Waals surface area contributed by atoms with Crippen LogP contribution >= 0.6 is 34.4 Å². The van der Waals surface area contributed by atoms with Crippen LogP contribution in [0.1, 0.15) is 11.1 Å². The summed E-state index contributed by atoms with van der Waals surface area (Å²) in [6.45, 7) is -0.120. The Morgan fingerprint density at radius 2 is 2.04 bits per heavy atom. The van der Waals surface area contributed by atoms with E-state index in [9.17, 15) is 19.1 Å². The van der Waals surface area contributed by atoms with E-state index in [0.717, 1.165) is 16.7 Å². The lowest BCUT2D eigenvalue weighted by atomic mass is 10.1. The van der Waals surface area contributed by atoms with E-state index in [-0.39, 0.29) is 28.5 Å². The molecule has 8 heteroatoms. The third-order valence-electron chi connectivity index (χ3n) is 3.73. The fraction of sp³-hybridized carbons (Fsp3) is 0.111. The molecule has 0 atom stereocenters. The average Bonchev–Trinajstić information content (AvgIpc) is 2.87. The molecule has 0 bridgehead atoms. The molecule has 5 nitrogen and oxygen atoms in total. The number of carbonyl (C=O) groups is 2. The number of ether oxygens (including phenoxy) is 1. The average molecular weight is 485 g/mol. The molecule has 0 aliphatic carbocycles. The number of nitrogens with zero attached hydrogens (tertiary/aromatic N) is 1. The van der Waals surface area contributed by atoms with E-state index in [0.29, 0.717) is 9.13 Å². The zero-order valence-electron chi connectivity index (χ0n) is 13.5. The summed E-state index contributed by atoms with van der Waals surface area (Å²) in [4.78, 5) is 26.0. The quantitative estimate of drug-likeness (QED) is 0.515. The molecule has 2 aromatic rings. The SMILES string of the molecule is COc1cc(/C=C2\SC(=O)N(Cc3ccccc3F)C2=O)cc(I)c1O. The molecule has 1 aliphatic heterocycles. The van der Waals surface area contributed by atoms with E-state index < -0.39 is 17.0 Å². The molecule has 26 heavy (non-hydrogen) atoms. The van der Waals surface area contributed by atoms with Crippen LogP contribution in [-0.2, 0) is 11.3 Å². The summed E-state index contributed by atoms with van der Waals surface area (Å²) >= 11 is 2.74. The van der Waals surface area contributed by atoms with Crippen LogP contribution in [-0.4, -0.2) is 28.3 Å². The monoisotopic (exact) mass is 485 g/mol. The highest BCUT2D eigenvalue weighted by Gasteiger charge is 2.35. The lowest BCUT2D eigenvalue weighted by molar-refractivity contribution is -0.123. The molecular weight excluding hydrogens is 472 g/mol. The molecular formula is C18H13FINO4S. The molecule has 1 fully saturated rings. The van der Waals surface area contributed by atoms with E-state index in [1.165, 1.54) is 19.2 Å². The maximum Gasteiger partial charge on any atom is 0.293 e. The molecule has 2 aromatic carbocycles. The Bertz CT molecular complexity index is 931. The van der Waals surface area contributed by atoms with Crippen LogP contribution < -0.4 is 4.74 Å². The predicted molar refractivity (Wildman–Crippen MR) is 105 cm³/mol.